The van der Waals surface area contributed by atoms with Crippen LogP contribution in [-0.4, -0.2) is 28.6 Å². The molecule has 1 heterocycles. The summed E-state index contributed by atoms with van der Waals surface area (Å²) in [5.41, 5.74) is -1.48. The van der Waals surface area contributed by atoms with Crippen molar-refractivity contribution in [2.24, 2.45) is 0 Å². The van der Waals surface area contributed by atoms with Gasteiger partial charge in [0.15, 0.2) is 0 Å². The zero-order valence-electron chi connectivity index (χ0n) is 12.3. The Kier molecular flexibility index (Phi) is 5.50. The number of carbonyl (C=O) groups is 1. The van der Waals surface area contributed by atoms with E-state index in [0.29, 0.717) is 6.07 Å². The third-order valence-electron chi connectivity index (χ3n) is 3.34. The number of alkyl halides is 3. The number of nitrogens with zero attached hydrogens (tertiary/aromatic N) is 1. The van der Waals surface area contributed by atoms with Gasteiger partial charge in [0.25, 0.3) is 5.91 Å². The molecule has 0 aliphatic carbocycles. The molecule has 2 aromatic rings. The SMILES string of the molecule is O=C(N[C@@H](CO)Cc1ccncc1)c1cccc(C(F)(F)F)c1F. The van der Waals surface area contributed by atoms with E-state index in [4.69, 9.17) is 0 Å². The van der Waals surface area contributed by atoms with Gasteiger partial charge in [0, 0.05) is 12.4 Å². The van der Waals surface area contributed by atoms with Gasteiger partial charge in [-0.05, 0) is 36.2 Å². The number of hydrogen-bond donors (Lipinski definition) is 2. The lowest BCUT2D eigenvalue weighted by molar-refractivity contribution is -0.140. The van der Waals surface area contributed by atoms with Crippen LogP contribution in [0.5, 0.6) is 0 Å². The van der Waals surface area contributed by atoms with Crippen molar-refractivity contribution >= 4 is 5.91 Å². The monoisotopic (exact) mass is 342 g/mol. The smallest absolute Gasteiger partial charge is 0.394 e. The normalized spacial score (nSPS) is 12.7. The zero-order chi connectivity index (χ0) is 17.7. The molecule has 0 aliphatic rings. The van der Waals surface area contributed by atoms with Crippen LogP contribution in [0.1, 0.15) is 21.5 Å². The second-order valence-electron chi connectivity index (χ2n) is 5.08. The summed E-state index contributed by atoms with van der Waals surface area (Å²) in [6.07, 6.45) is -1.62. The minimum absolute atomic E-state index is 0.228. The first kappa shape index (κ1) is 17.9. The molecule has 0 fully saturated rings. The van der Waals surface area contributed by atoms with E-state index in [9.17, 15) is 27.5 Å². The molecule has 0 unspecified atom stereocenters. The van der Waals surface area contributed by atoms with Crippen molar-refractivity contribution in [3.63, 3.8) is 0 Å². The molecular weight excluding hydrogens is 328 g/mol. The van der Waals surface area contributed by atoms with Crippen LogP contribution in [0.2, 0.25) is 0 Å². The van der Waals surface area contributed by atoms with Gasteiger partial charge < -0.3 is 10.4 Å². The Hall–Kier alpha value is -2.48. The topological polar surface area (TPSA) is 62.2 Å². The molecule has 0 spiro atoms. The van der Waals surface area contributed by atoms with Crippen LogP contribution in [0.15, 0.2) is 42.7 Å². The number of carbonyl (C=O) groups excluding carboxylic acids is 1. The molecule has 2 N–H and O–H groups in total. The van der Waals surface area contributed by atoms with Crippen LogP contribution in [0.25, 0.3) is 0 Å². The summed E-state index contributed by atoms with van der Waals surface area (Å²) in [6, 6.07) is 5.04. The van der Waals surface area contributed by atoms with Crippen molar-refractivity contribution in [2.45, 2.75) is 18.6 Å². The first-order valence-corrected chi connectivity index (χ1v) is 6.99. The minimum Gasteiger partial charge on any atom is -0.394 e. The molecule has 1 aromatic carbocycles. The Morgan fingerprint density at radius 2 is 1.88 bits per heavy atom. The number of aromatic nitrogens is 1. The van der Waals surface area contributed by atoms with E-state index in [2.05, 4.69) is 10.3 Å². The fraction of sp³-hybridized carbons (Fsp3) is 0.250. The highest BCUT2D eigenvalue weighted by molar-refractivity contribution is 5.95. The highest BCUT2D eigenvalue weighted by Crippen LogP contribution is 2.32. The number of hydrogen-bond acceptors (Lipinski definition) is 3. The molecule has 8 heteroatoms. The summed E-state index contributed by atoms with van der Waals surface area (Å²) < 4.78 is 52.0. The number of amides is 1. The Labute approximate surface area is 135 Å². The van der Waals surface area contributed by atoms with E-state index in [1.807, 2.05) is 0 Å². The average molecular weight is 342 g/mol. The molecule has 0 saturated heterocycles. The van der Waals surface area contributed by atoms with Crippen molar-refractivity contribution in [1.29, 1.82) is 0 Å². The summed E-state index contributed by atoms with van der Waals surface area (Å²) in [5.74, 6) is -2.66. The predicted molar refractivity (Wildman–Crippen MR) is 77.7 cm³/mol. The van der Waals surface area contributed by atoms with Gasteiger partial charge in [0.2, 0.25) is 0 Å². The van der Waals surface area contributed by atoms with Crippen molar-refractivity contribution in [3.8, 4) is 0 Å². The number of rotatable bonds is 5. The highest BCUT2D eigenvalue weighted by atomic mass is 19.4. The Bertz CT molecular complexity index is 705. The fourth-order valence-electron chi connectivity index (χ4n) is 2.15. The molecule has 1 atom stereocenters. The van der Waals surface area contributed by atoms with Crippen LogP contribution in [0, 0.1) is 5.82 Å². The van der Waals surface area contributed by atoms with Gasteiger partial charge in [-0.2, -0.15) is 13.2 Å². The van der Waals surface area contributed by atoms with Crippen molar-refractivity contribution in [1.82, 2.24) is 10.3 Å². The van der Waals surface area contributed by atoms with Gasteiger partial charge in [0.1, 0.15) is 5.82 Å². The summed E-state index contributed by atoms with van der Waals surface area (Å²) in [4.78, 5) is 15.9. The molecule has 24 heavy (non-hydrogen) atoms. The van der Waals surface area contributed by atoms with E-state index >= 15 is 0 Å². The van der Waals surface area contributed by atoms with Gasteiger partial charge >= 0.3 is 6.18 Å². The van der Waals surface area contributed by atoms with Crippen LogP contribution >= 0.6 is 0 Å². The third-order valence-corrected chi connectivity index (χ3v) is 3.34. The second-order valence-corrected chi connectivity index (χ2v) is 5.08. The number of nitrogens with one attached hydrogen (secondary N) is 1. The first-order chi connectivity index (χ1) is 11.3. The Morgan fingerprint density at radius 3 is 2.46 bits per heavy atom. The molecule has 128 valence electrons. The van der Waals surface area contributed by atoms with Crippen molar-refractivity contribution in [2.75, 3.05) is 6.61 Å². The molecular formula is C16H14F4N2O2. The predicted octanol–water partition coefficient (Wildman–Crippen LogP) is 2.57. The van der Waals surface area contributed by atoms with E-state index in [1.54, 1.807) is 12.1 Å². The quantitative estimate of drug-likeness (QED) is 0.821. The van der Waals surface area contributed by atoms with Crippen molar-refractivity contribution < 1.29 is 27.5 Å². The van der Waals surface area contributed by atoms with Crippen LogP contribution in [-0.2, 0) is 12.6 Å². The molecule has 0 saturated carbocycles. The van der Waals surface area contributed by atoms with Gasteiger partial charge in [0.05, 0.1) is 23.8 Å². The van der Waals surface area contributed by atoms with E-state index in [0.717, 1.165) is 17.7 Å². The zero-order valence-corrected chi connectivity index (χ0v) is 12.3. The maximum atomic E-state index is 13.9. The number of aliphatic hydroxyl groups excluding tert-OH is 1. The van der Waals surface area contributed by atoms with E-state index in [-0.39, 0.29) is 6.42 Å². The molecule has 1 amide bonds. The molecule has 0 bridgehead atoms. The Morgan fingerprint density at radius 1 is 1.21 bits per heavy atom. The third kappa shape index (κ3) is 4.29. The van der Waals surface area contributed by atoms with Gasteiger partial charge in [-0.25, -0.2) is 4.39 Å². The van der Waals surface area contributed by atoms with E-state index < -0.39 is 41.7 Å². The maximum Gasteiger partial charge on any atom is 0.419 e. The molecule has 0 aliphatic heterocycles. The van der Waals surface area contributed by atoms with Gasteiger partial charge in [-0.3, -0.25) is 9.78 Å². The Balaban J connectivity index is 2.16. The molecule has 4 nitrogen and oxygen atoms in total. The highest BCUT2D eigenvalue weighted by Gasteiger charge is 2.35. The van der Waals surface area contributed by atoms with Crippen LogP contribution in [0.4, 0.5) is 17.6 Å². The number of benzene rings is 1. The largest absolute Gasteiger partial charge is 0.419 e. The lowest BCUT2D eigenvalue weighted by Crippen LogP contribution is -2.39. The number of pyridine rings is 1. The lowest BCUT2D eigenvalue weighted by atomic mass is 10.1. The fourth-order valence-corrected chi connectivity index (χ4v) is 2.15. The number of aliphatic hydroxyl groups is 1. The lowest BCUT2D eigenvalue weighted by Gasteiger charge is -2.17. The minimum atomic E-state index is -4.90. The summed E-state index contributed by atoms with van der Waals surface area (Å²) in [7, 11) is 0. The molecule has 0 radical (unpaired) electrons. The van der Waals surface area contributed by atoms with E-state index in [1.165, 1.54) is 12.4 Å². The van der Waals surface area contributed by atoms with Gasteiger partial charge in [-0.15, -0.1) is 0 Å². The average Bonchev–Trinajstić information content (AvgIpc) is 2.54. The molecule has 2 rings (SSSR count). The standard InChI is InChI=1S/C16H14F4N2O2/c17-14-12(2-1-3-13(14)16(18,19)20)15(24)22-11(9-23)8-10-4-6-21-7-5-10/h1-7,11,23H,8-9H2,(H,22,24)/t11-/m1/s1. The second kappa shape index (κ2) is 7.39. The van der Waals surface area contributed by atoms with Gasteiger partial charge in [-0.1, -0.05) is 6.07 Å². The summed E-state index contributed by atoms with van der Waals surface area (Å²) >= 11 is 0. The van der Waals surface area contributed by atoms with Crippen LogP contribution in [0.3, 0.4) is 0 Å². The maximum absolute atomic E-state index is 13.9. The molecule has 1 aromatic heterocycles. The summed E-state index contributed by atoms with van der Waals surface area (Å²) in [5, 5.41) is 11.7. The van der Waals surface area contributed by atoms with Crippen LogP contribution < -0.4 is 5.32 Å². The van der Waals surface area contributed by atoms with Crippen molar-refractivity contribution in [3.05, 3.63) is 65.2 Å². The number of halogens is 4. The first-order valence-electron chi connectivity index (χ1n) is 6.99. The summed E-state index contributed by atoms with van der Waals surface area (Å²) in [6.45, 7) is -0.450.